The zero-order chi connectivity index (χ0) is 12.1. The second-order valence-corrected chi connectivity index (χ2v) is 4.13. The van der Waals surface area contributed by atoms with Gasteiger partial charge in [0.2, 0.25) is 5.91 Å². The molecule has 17 heavy (non-hydrogen) atoms. The minimum atomic E-state index is -0.432. The SMILES string of the molecule is O=C(CNc1ncccc1F)N1CCCCC1. The maximum Gasteiger partial charge on any atom is 0.241 e. The Morgan fingerprint density at radius 1 is 1.41 bits per heavy atom. The van der Waals surface area contributed by atoms with Gasteiger partial charge in [-0.1, -0.05) is 0 Å². The molecule has 2 rings (SSSR count). The largest absolute Gasteiger partial charge is 0.359 e. The number of nitrogens with zero attached hydrogens (tertiary/aromatic N) is 2. The van der Waals surface area contributed by atoms with Crippen LogP contribution in [0.1, 0.15) is 19.3 Å². The Balaban J connectivity index is 1.85. The molecular weight excluding hydrogens is 221 g/mol. The average Bonchev–Trinajstić information content (AvgIpc) is 2.38. The molecule has 1 aromatic rings. The Labute approximate surface area is 99.8 Å². The lowest BCUT2D eigenvalue weighted by Crippen LogP contribution is -2.39. The monoisotopic (exact) mass is 237 g/mol. The molecule has 1 N–H and O–H groups in total. The van der Waals surface area contributed by atoms with Gasteiger partial charge in [-0.2, -0.15) is 0 Å². The minimum absolute atomic E-state index is 0.00903. The number of pyridine rings is 1. The van der Waals surface area contributed by atoms with Gasteiger partial charge < -0.3 is 10.2 Å². The number of likely N-dealkylation sites (tertiary alicyclic amines) is 1. The van der Waals surface area contributed by atoms with Gasteiger partial charge in [0.15, 0.2) is 11.6 Å². The van der Waals surface area contributed by atoms with E-state index in [4.69, 9.17) is 0 Å². The van der Waals surface area contributed by atoms with Crippen molar-refractivity contribution >= 4 is 11.7 Å². The van der Waals surface area contributed by atoms with Gasteiger partial charge in [0.05, 0.1) is 6.54 Å². The summed E-state index contributed by atoms with van der Waals surface area (Å²) in [5.41, 5.74) is 0. The van der Waals surface area contributed by atoms with Crippen molar-refractivity contribution in [2.45, 2.75) is 19.3 Å². The molecule has 1 amide bonds. The number of hydrogen-bond donors (Lipinski definition) is 1. The van der Waals surface area contributed by atoms with Crippen molar-refractivity contribution in [3.05, 3.63) is 24.1 Å². The van der Waals surface area contributed by atoms with Crippen LogP contribution < -0.4 is 5.32 Å². The predicted octanol–water partition coefficient (Wildman–Crippen LogP) is 1.65. The zero-order valence-corrected chi connectivity index (χ0v) is 9.66. The molecule has 1 fully saturated rings. The van der Waals surface area contributed by atoms with E-state index in [-0.39, 0.29) is 18.3 Å². The molecule has 2 heterocycles. The fourth-order valence-electron chi connectivity index (χ4n) is 1.93. The number of aromatic nitrogens is 1. The fraction of sp³-hybridized carbons (Fsp3) is 0.500. The molecule has 1 aliphatic rings. The molecule has 0 aliphatic carbocycles. The van der Waals surface area contributed by atoms with E-state index in [1.165, 1.54) is 24.8 Å². The quantitative estimate of drug-likeness (QED) is 0.869. The van der Waals surface area contributed by atoms with Gasteiger partial charge in [-0.3, -0.25) is 4.79 Å². The number of piperidine rings is 1. The van der Waals surface area contributed by atoms with Crippen molar-refractivity contribution in [1.82, 2.24) is 9.88 Å². The summed E-state index contributed by atoms with van der Waals surface area (Å²) >= 11 is 0. The van der Waals surface area contributed by atoms with E-state index in [0.29, 0.717) is 0 Å². The van der Waals surface area contributed by atoms with Crippen LogP contribution in [0.15, 0.2) is 18.3 Å². The van der Waals surface area contributed by atoms with Crippen molar-refractivity contribution in [2.75, 3.05) is 25.0 Å². The van der Waals surface area contributed by atoms with Crippen LogP contribution in [0.25, 0.3) is 0 Å². The molecule has 0 spiro atoms. The number of nitrogens with one attached hydrogen (secondary N) is 1. The second-order valence-electron chi connectivity index (χ2n) is 4.13. The third-order valence-corrected chi connectivity index (χ3v) is 2.87. The summed E-state index contributed by atoms with van der Waals surface area (Å²) in [6.07, 6.45) is 4.80. The van der Waals surface area contributed by atoms with E-state index in [1.54, 1.807) is 0 Å². The van der Waals surface area contributed by atoms with Gasteiger partial charge >= 0.3 is 0 Å². The first kappa shape index (κ1) is 11.8. The molecule has 0 aromatic carbocycles. The fourth-order valence-corrected chi connectivity index (χ4v) is 1.93. The Morgan fingerprint density at radius 2 is 2.18 bits per heavy atom. The van der Waals surface area contributed by atoms with Gasteiger partial charge in [-0.05, 0) is 31.4 Å². The molecule has 1 saturated heterocycles. The number of anilines is 1. The van der Waals surface area contributed by atoms with E-state index >= 15 is 0 Å². The Bertz CT molecular complexity index is 391. The number of carbonyl (C=O) groups is 1. The van der Waals surface area contributed by atoms with Gasteiger partial charge in [0, 0.05) is 19.3 Å². The zero-order valence-electron chi connectivity index (χ0n) is 9.66. The molecule has 5 heteroatoms. The minimum Gasteiger partial charge on any atom is -0.359 e. The van der Waals surface area contributed by atoms with Gasteiger partial charge in [0.1, 0.15) is 0 Å². The van der Waals surface area contributed by atoms with E-state index in [9.17, 15) is 9.18 Å². The maximum atomic E-state index is 13.2. The molecule has 92 valence electrons. The summed E-state index contributed by atoms with van der Waals surface area (Å²) in [5, 5.41) is 2.73. The lowest BCUT2D eigenvalue weighted by atomic mass is 10.1. The van der Waals surface area contributed by atoms with Crippen LogP contribution in [-0.4, -0.2) is 35.4 Å². The first-order valence-electron chi connectivity index (χ1n) is 5.89. The summed E-state index contributed by atoms with van der Waals surface area (Å²) in [5.74, 6) is -0.286. The summed E-state index contributed by atoms with van der Waals surface area (Å²) < 4.78 is 13.2. The van der Waals surface area contributed by atoms with Crippen molar-refractivity contribution in [2.24, 2.45) is 0 Å². The Kier molecular flexibility index (Phi) is 3.90. The van der Waals surface area contributed by atoms with Crippen LogP contribution in [-0.2, 0) is 4.79 Å². The molecule has 0 atom stereocenters. The van der Waals surface area contributed by atoms with Crippen molar-refractivity contribution in [3.63, 3.8) is 0 Å². The van der Waals surface area contributed by atoms with Crippen LogP contribution in [0.3, 0.4) is 0 Å². The average molecular weight is 237 g/mol. The molecule has 0 radical (unpaired) electrons. The Hall–Kier alpha value is -1.65. The first-order chi connectivity index (χ1) is 8.27. The third kappa shape index (κ3) is 3.15. The van der Waals surface area contributed by atoms with Crippen LogP contribution in [0.4, 0.5) is 10.2 Å². The molecule has 0 unspecified atom stereocenters. The van der Waals surface area contributed by atoms with E-state index in [1.807, 2.05) is 4.90 Å². The maximum absolute atomic E-state index is 13.2. The van der Waals surface area contributed by atoms with Gasteiger partial charge in [-0.15, -0.1) is 0 Å². The summed E-state index contributed by atoms with van der Waals surface area (Å²) in [6, 6.07) is 2.84. The summed E-state index contributed by atoms with van der Waals surface area (Å²) in [4.78, 5) is 17.5. The summed E-state index contributed by atoms with van der Waals surface area (Å²) in [6.45, 7) is 1.73. The number of rotatable bonds is 3. The number of hydrogen-bond acceptors (Lipinski definition) is 3. The van der Waals surface area contributed by atoms with Crippen LogP contribution >= 0.6 is 0 Å². The molecular formula is C12H16FN3O. The van der Waals surface area contributed by atoms with Crippen LogP contribution in [0, 0.1) is 5.82 Å². The number of amides is 1. The molecule has 0 bridgehead atoms. The van der Waals surface area contributed by atoms with Crippen molar-refractivity contribution in [1.29, 1.82) is 0 Å². The first-order valence-corrected chi connectivity index (χ1v) is 5.89. The highest BCUT2D eigenvalue weighted by atomic mass is 19.1. The molecule has 0 saturated carbocycles. The van der Waals surface area contributed by atoms with Crippen molar-refractivity contribution in [3.8, 4) is 0 Å². The smallest absolute Gasteiger partial charge is 0.241 e. The standard InChI is InChI=1S/C12H16FN3O/c13-10-5-4-6-14-12(10)15-9-11(17)16-7-2-1-3-8-16/h4-6H,1-3,7-9H2,(H,14,15). The molecule has 4 nitrogen and oxygen atoms in total. The van der Waals surface area contributed by atoms with Crippen LogP contribution in [0.5, 0.6) is 0 Å². The summed E-state index contributed by atoms with van der Waals surface area (Å²) in [7, 11) is 0. The lowest BCUT2D eigenvalue weighted by molar-refractivity contribution is -0.130. The lowest BCUT2D eigenvalue weighted by Gasteiger charge is -2.26. The van der Waals surface area contributed by atoms with Gasteiger partial charge in [0.25, 0.3) is 0 Å². The normalized spacial score (nSPS) is 15.7. The van der Waals surface area contributed by atoms with Gasteiger partial charge in [-0.25, -0.2) is 9.37 Å². The number of carbonyl (C=O) groups excluding carboxylic acids is 1. The van der Waals surface area contributed by atoms with E-state index < -0.39 is 5.82 Å². The molecule has 1 aliphatic heterocycles. The highest BCUT2D eigenvalue weighted by molar-refractivity contribution is 5.80. The highest BCUT2D eigenvalue weighted by Gasteiger charge is 2.16. The predicted molar refractivity (Wildman–Crippen MR) is 63.1 cm³/mol. The van der Waals surface area contributed by atoms with E-state index in [2.05, 4.69) is 10.3 Å². The van der Waals surface area contributed by atoms with Crippen LogP contribution in [0.2, 0.25) is 0 Å². The van der Waals surface area contributed by atoms with E-state index in [0.717, 1.165) is 25.9 Å². The highest BCUT2D eigenvalue weighted by Crippen LogP contribution is 2.10. The number of halogens is 1. The Morgan fingerprint density at radius 3 is 2.88 bits per heavy atom. The second kappa shape index (κ2) is 5.61. The topological polar surface area (TPSA) is 45.2 Å². The van der Waals surface area contributed by atoms with Crippen molar-refractivity contribution < 1.29 is 9.18 Å². The third-order valence-electron chi connectivity index (χ3n) is 2.87. The molecule has 1 aromatic heterocycles.